The van der Waals surface area contributed by atoms with E-state index in [9.17, 15) is 0 Å². The van der Waals surface area contributed by atoms with E-state index < -0.39 is 0 Å². The van der Waals surface area contributed by atoms with Gasteiger partial charge in [0.15, 0.2) is 0 Å². The molecule has 0 fully saturated rings. The Hall–Kier alpha value is 12.3. The van der Waals surface area contributed by atoms with Crippen molar-refractivity contribution in [3.8, 4) is 0 Å². The third-order valence-corrected chi connectivity index (χ3v) is 0.710. The third-order valence-electron chi connectivity index (χ3n) is 0.710. The summed E-state index contributed by atoms with van der Waals surface area (Å²) in [5.74, 6) is 0. The van der Waals surface area contributed by atoms with Crippen LogP contribution in [0.1, 0.15) is 0 Å². The molecule has 0 amide bonds. The van der Waals surface area contributed by atoms with Gasteiger partial charge in [-0.1, -0.05) is 0 Å². The molecule has 0 spiro atoms. The topological polar surface area (TPSA) is 0 Å². The summed E-state index contributed by atoms with van der Waals surface area (Å²) in [4.78, 5) is 0. The first-order valence-electron chi connectivity index (χ1n) is 4.30. The van der Waals surface area contributed by atoms with E-state index in [4.69, 9.17) is 19.7 Å². The normalized spacial score (nSPS) is 4.67. The van der Waals surface area contributed by atoms with Gasteiger partial charge in [-0.05, 0) is 0 Å². The van der Waals surface area contributed by atoms with Gasteiger partial charge in [0, 0.05) is 425 Å². The Bertz CT molecular complexity index is 260. The van der Waals surface area contributed by atoms with Crippen LogP contribution in [-0.2, 0) is 425 Å². The average Bonchev–Trinajstić information content (AvgIpc) is 2.30. The minimum absolute atomic E-state index is 0. The van der Waals surface area contributed by atoms with Crippen molar-refractivity contribution in [2.75, 3.05) is 0 Å². The SMILES string of the molecule is [CH-]=CC=[CH-].[CH-]=C[C-]=CC=C[C-]=C[CH2-].[CH-]=C[CH2-].[CH3-].[Y].[Y].[Y].[Y].[Y].[Y].[Y].[Y].[Y].[Y].[Y].[Y].[Y]. The fourth-order valence-electron chi connectivity index (χ4n) is 0.283. The van der Waals surface area contributed by atoms with Gasteiger partial charge in [-0.25, -0.2) is 0 Å². The molecule has 0 heterocycles. The van der Waals surface area contributed by atoms with E-state index in [2.05, 4.69) is 32.6 Å². The molecule has 0 atom stereocenters. The standard InChI is InChI=1S/C9H8.C4H4.C3H4.CH3.13Y/c1-3-5-7-9-8-6-4-2;1-3-4-2;1-3-2;;;;;;;;;;;;;;/h1,3-4,7-9H,2H2;1-4H;1,3H,2H2;1H3;;;;;;;;;;;;;/q-4;2*-2;-1;;;;;;;;;;;;;. The second kappa shape index (κ2) is 135. The average molecular weight is 1380 g/mol. The quantitative estimate of drug-likeness (QED) is 0.292. The van der Waals surface area contributed by atoms with Crippen molar-refractivity contribution in [2.24, 2.45) is 0 Å². The van der Waals surface area contributed by atoms with Crippen molar-refractivity contribution in [3.05, 3.63) is 108 Å². The fourth-order valence-corrected chi connectivity index (χ4v) is 0.283. The van der Waals surface area contributed by atoms with Crippen LogP contribution in [0.4, 0.5) is 0 Å². The van der Waals surface area contributed by atoms with Crippen molar-refractivity contribution in [1.29, 1.82) is 0 Å². The van der Waals surface area contributed by atoms with Crippen LogP contribution < -0.4 is 0 Å². The van der Waals surface area contributed by atoms with Crippen LogP contribution in [0.5, 0.6) is 0 Å². The molecule has 0 saturated carbocycles. The number of hydrogen-bond acceptors (Lipinski definition) is 0. The molecule has 0 rings (SSSR count). The van der Waals surface area contributed by atoms with Crippen molar-refractivity contribution in [2.45, 2.75) is 0 Å². The Kier molecular flexibility index (Phi) is 507. The van der Waals surface area contributed by atoms with Crippen LogP contribution in [0.15, 0.2) is 48.6 Å². The van der Waals surface area contributed by atoms with E-state index >= 15 is 0 Å². The molecular formula is C17H19Y13-9. The van der Waals surface area contributed by atoms with E-state index in [0.717, 1.165) is 0 Å². The molecule has 0 saturated heterocycles. The first kappa shape index (κ1) is 113. The molecule has 0 aromatic heterocycles. The fraction of sp³-hybridized carbons (Fsp3) is 0. The van der Waals surface area contributed by atoms with E-state index in [1.807, 2.05) is 0 Å². The summed E-state index contributed by atoms with van der Waals surface area (Å²) < 4.78 is 0. The Labute approximate surface area is 517 Å². The van der Waals surface area contributed by atoms with Crippen LogP contribution >= 0.6 is 0 Å². The van der Waals surface area contributed by atoms with Crippen LogP contribution in [0.25, 0.3) is 0 Å². The largest absolute Gasteiger partial charge is 0.550 e. The number of allylic oxidation sites excluding steroid dienone is 10. The summed E-state index contributed by atoms with van der Waals surface area (Å²) in [5, 5.41) is 0. The molecule has 0 aliphatic heterocycles. The van der Waals surface area contributed by atoms with Crippen molar-refractivity contribution in [3.63, 3.8) is 0 Å². The summed E-state index contributed by atoms with van der Waals surface area (Å²) in [5.41, 5.74) is 0. The van der Waals surface area contributed by atoms with Gasteiger partial charge in [0.25, 0.3) is 0 Å². The maximum absolute atomic E-state index is 5.00. The van der Waals surface area contributed by atoms with Gasteiger partial charge in [-0.2, -0.15) is 0 Å². The van der Waals surface area contributed by atoms with Crippen molar-refractivity contribution >= 4 is 0 Å². The molecule has 0 aliphatic carbocycles. The summed E-state index contributed by atoms with van der Waals surface area (Å²) in [7, 11) is 0. The first-order chi connectivity index (χ1) is 7.74. The van der Waals surface area contributed by atoms with Crippen LogP contribution in [-0.4, -0.2) is 0 Å². The monoisotopic (exact) mass is 1380 g/mol. The zero-order valence-electron chi connectivity index (χ0n) is 17.8. The maximum Gasteiger partial charge on any atom is 0 e. The molecule has 0 aromatic carbocycles. The second-order valence-electron chi connectivity index (χ2n) is 1.85. The smallest absolute Gasteiger partial charge is 0 e. The molecule has 0 unspecified atom stereocenters. The molecule has 135 valence electrons. The van der Waals surface area contributed by atoms with Gasteiger partial charge < -0.3 is 89.3 Å². The molecule has 0 aromatic rings. The zero-order valence-corrected chi connectivity index (χ0v) is 54.7. The van der Waals surface area contributed by atoms with Crippen LogP contribution in [0.2, 0.25) is 0 Å². The van der Waals surface area contributed by atoms with Gasteiger partial charge in [0.1, 0.15) is 0 Å². The number of hydrogen-bond donors (Lipinski definition) is 0. The molecular weight excluding hydrogens is 1360 g/mol. The third kappa shape index (κ3) is 167. The van der Waals surface area contributed by atoms with Crippen molar-refractivity contribution < 1.29 is 425 Å². The number of rotatable bonds is 4. The minimum atomic E-state index is 0. The van der Waals surface area contributed by atoms with Gasteiger partial charge in [-0.3, -0.25) is 19.1 Å². The summed E-state index contributed by atoms with van der Waals surface area (Å²) in [6, 6.07) is 0. The summed E-state index contributed by atoms with van der Waals surface area (Å²) in [6.07, 6.45) is 17.4. The molecule has 13 heteroatoms. The molecule has 0 aliphatic rings. The predicted octanol–water partition coefficient (Wildman–Crippen LogP) is 4.28. The Morgan fingerprint density at radius 3 is 0.967 bits per heavy atom. The van der Waals surface area contributed by atoms with Gasteiger partial charge in [0.2, 0.25) is 0 Å². The van der Waals surface area contributed by atoms with E-state index in [-0.39, 0.29) is 433 Å². The molecule has 0 bridgehead atoms. The van der Waals surface area contributed by atoms with E-state index in [1.54, 1.807) is 24.3 Å². The molecule has 30 heavy (non-hydrogen) atoms. The predicted molar refractivity (Wildman–Crippen MR) is 77.4 cm³/mol. The van der Waals surface area contributed by atoms with Gasteiger partial charge in [0.05, 0.1) is 0 Å². The molecule has 0 nitrogen and oxygen atoms in total. The van der Waals surface area contributed by atoms with E-state index in [1.165, 1.54) is 24.3 Å². The molecule has 13 radical (unpaired) electrons. The Morgan fingerprint density at radius 1 is 0.533 bits per heavy atom. The van der Waals surface area contributed by atoms with Gasteiger partial charge >= 0.3 is 0 Å². The maximum atomic E-state index is 5.00. The molecule has 0 N–H and O–H groups in total. The van der Waals surface area contributed by atoms with Crippen LogP contribution in [0.3, 0.4) is 0 Å². The Balaban J connectivity index is -0.00000000494. The summed E-state index contributed by atoms with van der Waals surface area (Å²) in [6.45, 7) is 25.6. The zero-order chi connectivity index (χ0) is 13.1. The minimum Gasteiger partial charge on any atom is -0.550 e. The summed E-state index contributed by atoms with van der Waals surface area (Å²) >= 11 is 0. The van der Waals surface area contributed by atoms with Crippen molar-refractivity contribution in [1.82, 2.24) is 0 Å². The second-order valence-corrected chi connectivity index (χ2v) is 1.85. The Morgan fingerprint density at radius 2 is 0.800 bits per heavy atom. The van der Waals surface area contributed by atoms with Gasteiger partial charge in [-0.15, -0.1) is 0 Å². The first-order valence-corrected chi connectivity index (χ1v) is 4.30. The van der Waals surface area contributed by atoms with E-state index in [0.29, 0.717) is 0 Å². The van der Waals surface area contributed by atoms with Crippen LogP contribution in [0, 0.1) is 59.7 Å².